The van der Waals surface area contributed by atoms with Gasteiger partial charge in [0.05, 0.1) is 13.3 Å². The smallest absolute Gasteiger partial charge is 0.336 e. The molecule has 0 atom stereocenters. The Kier molecular flexibility index (Phi) is 8.79. The molecule has 3 aromatic carbocycles. The van der Waals surface area contributed by atoms with Crippen LogP contribution in [0, 0.1) is 0 Å². The summed E-state index contributed by atoms with van der Waals surface area (Å²) >= 11 is 3.37. The summed E-state index contributed by atoms with van der Waals surface area (Å²) in [4.78, 5) is 24.2. The van der Waals surface area contributed by atoms with E-state index in [0.717, 1.165) is 10.0 Å². The number of rotatable bonds is 9. The van der Waals surface area contributed by atoms with Crippen molar-refractivity contribution >= 4 is 40.1 Å². The molecule has 0 fully saturated rings. The van der Waals surface area contributed by atoms with Crippen molar-refractivity contribution in [3.63, 3.8) is 0 Å². The molecule has 33 heavy (non-hydrogen) atoms. The number of carbonyl (C=O) groups is 2. The van der Waals surface area contributed by atoms with E-state index < -0.39 is 11.9 Å². The first kappa shape index (κ1) is 23.7. The highest BCUT2D eigenvalue weighted by Gasteiger charge is 2.08. The van der Waals surface area contributed by atoms with E-state index in [-0.39, 0.29) is 6.61 Å². The summed E-state index contributed by atoms with van der Waals surface area (Å²) in [5.74, 6) is 0.541. The SMILES string of the molecule is COc1ccc(OCC(=O)NN=Cc2cc(Br)ccc2OC(=O)C=Cc2ccccc2)cc1. The van der Waals surface area contributed by atoms with E-state index in [4.69, 9.17) is 14.2 Å². The average molecular weight is 509 g/mol. The summed E-state index contributed by atoms with van der Waals surface area (Å²) in [7, 11) is 1.57. The van der Waals surface area contributed by atoms with Gasteiger partial charge in [0.15, 0.2) is 6.61 Å². The van der Waals surface area contributed by atoms with E-state index in [1.165, 1.54) is 12.3 Å². The summed E-state index contributed by atoms with van der Waals surface area (Å²) in [5, 5.41) is 3.93. The Bertz CT molecular complexity index is 1150. The number of benzene rings is 3. The molecule has 0 heterocycles. The first-order chi connectivity index (χ1) is 16.0. The van der Waals surface area contributed by atoms with Gasteiger partial charge in [0.2, 0.25) is 0 Å². The van der Waals surface area contributed by atoms with E-state index in [1.807, 2.05) is 30.3 Å². The lowest BCUT2D eigenvalue weighted by Crippen LogP contribution is -2.24. The highest BCUT2D eigenvalue weighted by Crippen LogP contribution is 2.22. The van der Waals surface area contributed by atoms with E-state index in [2.05, 4.69) is 26.5 Å². The quantitative estimate of drug-likeness (QED) is 0.150. The van der Waals surface area contributed by atoms with Gasteiger partial charge in [0, 0.05) is 16.1 Å². The summed E-state index contributed by atoms with van der Waals surface area (Å²) in [6.45, 7) is -0.214. The highest BCUT2D eigenvalue weighted by atomic mass is 79.9. The maximum absolute atomic E-state index is 12.2. The van der Waals surface area contributed by atoms with Gasteiger partial charge in [-0.3, -0.25) is 4.79 Å². The number of halogens is 1. The molecule has 0 saturated carbocycles. The molecule has 8 heteroatoms. The molecule has 1 N–H and O–H groups in total. The molecule has 0 spiro atoms. The monoisotopic (exact) mass is 508 g/mol. The lowest BCUT2D eigenvalue weighted by atomic mass is 10.2. The number of esters is 1. The van der Waals surface area contributed by atoms with Gasteiger partial charge in [0.25, 0.3) is 5.91 Å². The van der Waals surface area contributed by atoms with Gasteiger partial charge in [0.1, 0.15) is 17.2 Å². The van der Waals surface area contributed by atoms with Crippen molar-refractivity contribution in [1.82, 2.24) is 5.43 Å². The van der Waals surface area contributed by atoms with Crippen LogP contribution in [0.25, 0.3) is 6.08 Å². The summed E-state index contributed by atoms with van der Waals surface area (Å²) in [5.41, 5.74) is 3.76. The largest absolute Gasteiger partial charge is 0.497 e. The maximum atomic E-state index is 12.2. The van der Waals surface area contributed by atoms with Crippen LogP contribution >= 0.6 is 15.9 Å². The molecule has 1 amide bonds. The lowest BCUT2D eigenvalue weighted by Gasteiger charge is -2.07. The number of carbonyl (C=O) groups excluding carboxylic acids is 2. The minimum atomic E-state index is -0.534. The van der Waals surface area contributed by atoms with Crippen LogP contribution in [0.4, 0.5) is 0 Å². The normalized spacial score (nSPS) is 10.8. The Morgan fingerprint density at radius 3 is 2.45 bits per heavy atom. The molecular formula is C25H21BrN2O5. The molecule has 0 aromatic heterocycles. The maximum Gasteiger partial charge on any atom is 0.336 e. The second-order valence-electron chi connectivity index (χ2n) is 6.60. The molecule has 0 unspecified atom stereocenters. The van der Waals surface area contributed by atoms with Crippen molar-refractivity contribution in [1.29, 1.82) is 0 Å². The number of nitrogens with one attached hydrogen (secondary N) is 1. The lowest BCUT2D eigenvalue weighted by molar-refractivity contribution is -0.129. The Morgan fingerprint density at radius 2 is 1.73 bits per heavy atom. The fraction of sp³-hybridized carbons (Fsp3) is 0.0800. The number of hydrazone groups is 1. The van der Waals surface area contributed by atoms with Crippen molar-refractivity contribution in [2.75, 3.05) is 13.7 Å². The molecule has 0 radical (unpaired) electrons. The topological polar surface area (TPSA) is 86.2 Å². The summed E-state index contributed by atoms with van der Waals surface area (Å²) < 4.78 is 16.7. The Balaban J connectivity index is 1.56. The third kappa shape index (κ3) is 7.93. The third-order valence-electron chi connectivity index (χ3n) is 4.22. The molecule has 0 saturated heterocycles. The molecule has 0 aliphatic rings. The molecular weight excluding hydrogens is 488 g/mol. The molecule has 0 aliphatic carbocycles. The van der Waals surface area contributed by atoms with Crippen LogP contribution in [0.1, 0.15) is 11.1 Å². The van der Waals surface area contributed by atoms with Gasteiger partial charge in [-0.25, -0.2) is 10.2 Å². The Labute approximate surface area is 199 Å². The van der Waals surface area contributed by atoms with Gasteiger partial charge in [-0.2, -0.15) is 5.10 Å². The van der Waals surface area contributed by atoms with Crippen LogP contribution in [0.5, 0.6) is 17.2 Å². The zero-order valence-electron chi connectivity index (χ0n) is 17.7. The minimum Gasteiger partial charge on any atom is -0.497 e. The third-order valence-corrected chi connectivity index (χ3v) is 4.71. The Morgan fingerprint density at radius 1 is 1.00 bits per heavy atom. The summed E-state index contributed by atoms with van der Waals surface area (Å²) in [6, 6.07) is 21.4. The molecule has 7 nitrogen and oxygen atoms in total. The van der Waals surface area contributed by atoms with Crippen LogP contribution in [0.15, 0.2) is 88.4 Å². The van der Waals surface area contributed by atoms with Gasteiger partial charge in [-0.1, -0.05) is 46.3 Å². The fourth-order valence-electron chi connectivity index (χ4n) is 2.61. The zero-order chi connectivity index (χ0) is 23.5. The van der Waals surface area contributed by atoms with Crippen molar-refractivity contribution in [2.45, 2.75) is 0 Å². The first-order valence-electron chi connectivity index (χ1n) is 9.87. The summed E-state index contributed by atoms with van der Waals surface area (Å²) in [6.07, 6.45) is 4.40. The number of amides is 1. The van der Waals surface area contributed by atoms with Crippen molar-refractivity contribution in [3.8, 4) is 17.2 Å². The van der Waals surface area contributed by atoms with Gasteiger partial charge in [-0.05, 0) is 54.1 Å². The van der Waals surface area contributed by atoms with E-state index in [9.17, 15) is 9.59 Å². The van der Waals surface area contributed by atoms with Crippen LogP contribution in [0.3, 0.4) is 0 Å². The second-order valence-corrected chi connectivity index (χ2v) is 7.52. The number of hydrogen-bond acceptors (Lipinski definition) is 6. The number of nitrogens with zero attached hydrogens (tertiary/aromatic N) is 1. The van der Waals surface area contributed by atoms with E-state index >= 15 is 0 Å². The van der Waals surface area contributed by atoms with Crippen molar-refractivity contribution in [2.24, 2.45) is 5.10 Å². The van der Waals surface area contributed by atoms with Crippen LogP contribution in [0.2, 0.25) is 0 Å². The second kappa shape index (κ2) is 12.2. The first-order valence-corrected chi connectivity index (χ1v) is 10.7. The number of methoxy groups -OCH3 is 1. The molecule has 0 bridgehead atoms. The van der Waals surface area contributed by atoms with Crippen molar-refractivity contribution in [3.05, 3.63) is 94.5 Å². The fourth-order valence-corrected chi connectivity index (χ4v) is 2.99. The predicted molar refractivity (Wildman–Crippen MR) is 129 cm³/mol. The molecule has 168 valence electrons. The molecule has 0 aliphatic heterocycles. The van der Waals surface area contributed by atoms with Crippen LogP contribution in [-0.2, 0) is 9.59 Å². The standard InChI is InChI=1S/C25H21BrN2O5/c1-31-21-9-11-22(12-10-21)32-17-24(29)28-27-16-19-15-20(26)8-13-23(19)33-25(30)14-7-18-5-3-2-4-6-18/h2-16H,17H2,1H3,(H,28,29). The minimum absolute atomic E-state index is 0.214. The highest BCUT2D eigenvalue weighted by molar-refractivity contribution is 9.10. The molecule has 3 aromatic rings. The van der Waals surface area contributed by atoms with Gasteiger partial charge in [-0.15, -0.1) is 0 Å². The van der Waals surface area contributed by atoms with Crippen LogP contribution in [-0.4, -0.2) is 31.8 Å². The van der Waals surface area contributed by atoms with E-state index in [0.29, 0.717) is 22.8 Å². The van der Waals surface area contributed by atoms with Gasteiger partial charge >= 0.3 is 5.97 Å². The van der Waals surface area contributed by atoms with Crippen LogP contribution < -0.4 is 19.6 Å². The van der Waals surface area contributed by atoms with E-state index in [1.54, 1.807) is 55.7 Å². The van der Waals surface area contributed by atoms with Gasteiger partial charge < -0.3 is 14.2 Å². The number of hydrogen-bond donors (Lipinski definition) is 1. The zero-order valence-corrected chi connectivity index (χ0v) is 19.3. The Hall–Kier alpha value is -3.91. The average Bonchev–Trinajstić information content (AvgIpc) is 2.84. The molecule has 3 rings (SSSR count). The predicted octanol–water partition coefficient (Wildman–Crippen LogP) is 4.61. The number of ether oxygens (including phenoxy) is 3. The van der Waals surface area contributed by atoms with Crippen molar-refractivity contribution < 1.29 is 23.8 Å².